The fourth-order valence-corrected chi connectivity index (χ4v) is 2.39. The Morgan fingerprint density at radius 3 is 2.32 bits per heavy atom. The van der Waals surface area contributed by atoms with Crippen molar-refractivity contribution in [2.24, 2.45) is 0 Å². The van der Waals surface area contributed by atoms with Crippen molar-refractivity contribution in [2.75, 3.05) is 11.6 Å². The maximum Gasteiger partial charge on any atom is 0.245 e. The standard InChI is InChI=1S/C16H16N2O/c19-16-15(11-13-7-3-1-4-8-13)17-12-18(16)14-9-5-2-6-10-14/h1-10,15,17H,11-12H2. The zero-order chi connectivity index (χ0) is 13.1. The Morgan fingerprint density at radius 1 is 1.00 bits per heavy atom. The third kappa shape index (κ3) is 2.51. The Bertz CT molecular complexity index is 553. The molecule has 0 spiro atoms. The van der Waals surface area contributed by atoms with Crippen LogP contribution >= 0.6 is 0 Å². The van der Waals surface area contributed by atoms with Crippen molar-refractivity contribution < 1.29 is 4.79 Å². The first-order chi connectivity index (χ1) is 9.34. The molecular weight excluding hydrogens is 236 g/mol. The van der Waals surface area contributed by atoms with Crippen LogP contribution in [-0.2, 0) is 11.2 Å². The number of amides is 1. The van der Waals surface area contributed by atoms with Gasteiger partial charge in [0.05, 0.1) is 12.7 Å². The molecule has 2 aromatic rings. The van der Waals surface area contributed by atoms with Gasteiger partial charge in [-0.05, 0) is 24.1 Å². The molecule has 1 N–H and O–H groups in total. The van der Waals surface area contributed by atoms with Gasteiger partial charge < -0.3 is 0 Å². The molecule has 0 aliphatic carbocycles. The molecule has 1 atom stereocenters. The largest absolute Gasteiger partial charge is 0.298 e. The smallest absolute Gasteiger partial charge is 0.245 e. The fourth-order valence-electron chi connectivity index (χ4n) is 2.39. The number of carbonyl (C=O) groups excluding carboxylic acids is 1. The van der Waals surface area contributed by atoms with Crippen molar-refractivity contribution in [2.45, 2.75) is 12.5 Å². The molecule has 3 nitrogen and oxygen atoms in total. The molecule has 19 heavy (non-hydrogen) atoms. The number of carbonyl (C=O) groups is 1. The van der Waals surface area contributed by atoms with E-state index in [4.69, 9.17) is 0 Å². The number of benzene rings is 2. The quantitative estimate of drug-likeness (QED) is 0.908. The van der Waals surface area contributed by atoms with Crippen LogP contribution in [0.2, 0.25) is 0 Å². The molecule has 1 fully saturated rings. The Morgan fingerprint density at radius 2 is 1.63 bits per heavy atom. The summed E-state index contributed by atoms with van der Waals surface area (Å²) in [6.45, 7) is 0.584. The molecule has 0 radical (unpaired) electrons. The first-order valence-corrected chi connectivity index (χ1v) is 6.48. The average Bonchev–Trinajstić information content (AvgIpc) is 2.82. The molecule has 0 bridgehead atoms. The van der Waals surface area contributed by atoms with E-state index < -0.39 is 0 Å². The number of anilines is 1. The topological polar surface area (TPSA) is 32.3 Å². The summed E-state index contributed by atoms with van der Waals surface area (Å²) >= 11 is 0. The van der Waals surface area contributed by atoms with Gasteiger partial charge in [-0.25, -0.2) is 0 Å². The van der Waals surface area contributed by atoms with Gasteiger partial charge in [0.25, 0.3) is 0 Å². The second-order valence-corrected chi connectivity index (χ2v) is 4.71. The van der Waals surface area contributed by atoms with Gasteiger partial charge in [0, 0.05) is 5.69 Å². The van der Waals surface area contributed by atoms with E-state index in [-0.39, 0.29) is 11.9 Å². The molecule has 0 saturated carbocycles. The van der Waals surface area contributed by atoms with Crippen molar-refractivity contribution in [3.05, 3.63) is 66.2 Å². The van der Waals surface area contributed by atoms with Crippen LogP contribution in [0.5, 0.6) is 0 Å². The summed E-state index contributed by atoms with van der Waals surface area (Å²) in [7, 11) is 0. The van der Waals surface area contributed by atoms with Gasteiger partial charge >= 0.3 is 0 Å². The molecule has 1 unspecified atom stereocenters. The second kappa shape index (κ2) is 5.24. The third-order valence-electron chi connectivity index (χ3n) is 3.41. The van der Waals surface area contributed by atoms with Crippen LogP contribution in [0.25, 0.3) is 0 Å². The SMILES string of the molecule is O=C1C(Cc2ccccc2)NCN1c1ccccc1. The zero-order valence-electron chi connectivity index (χ0n) is 10.6. The van der Waals surface area contributed by atoms with Crippen molar-refractivity contribution in [3.8, 4) is 0 Å². The maximum absolute atomic E-state index is 12.4. The summed E-state index contributed by atoms with van der Waals surface area (Å²) in [6.07, 6.45) is 0.739. The predicted octanol–water partition coefficient (Wildman–Crippen LogP) is 2.19. The van der Waals surface area contributed by atoms with Crippen LogP contribution in [0, 0.1) is 0 Å². The first kappa shape index (κ1) is 11.9. The van der Waals surface area contributed by atoms with E-state index >= 15 is 0 Å². The lowest BCUT2D eigenvalue weighted by Crippen LogP contribution is -2.32. The molecule has 0 aromatic heterocycles. The molecule has 1 aliphatic rings. The van der Waals surface area contributed by atoms with Crippen LogP contribution < -0.4 is 10.2 Å². The Kier molecular flexibility index (Phi) is 3.29. The van der Waals surface area contributed by atoms with Gasteiger partial charge in [0.2, 0.25) is 5.91 Å². The lowest BCUT2D eigenvalue weighted by Gasteiger charge is -2.15. The summed E-state index contributed by atoms with van der Waals surface area (Å²) in [5.74, 6) is 0.148. The highest BCUT2D eigenvalue weighted by atomic mass is 16.2. The second-order valence-electron chi connectivity index (χ2n) is 4.71. The Hall–Kier alpha value is -2.13. The van der Waals surface area contributed by atoms with Crippen molar-refractivity contribution in [1.82, 2.24) is 5.32 Å². The third-order valence-corrected chi connectivity index (χ3v) is 3.41. The summed E-state index contributed by atoms with van der Waals surface area (Å²) in [6, 6.07) is 19.8. The number of nitrogens with one attached hydrogen (secondary N) is 1. The van der Waals surface area contributed by atoms with Gasteiger partial charge in [-0.2, -0.15) is 0 Å². The lowest BCUT2D eigenvalue weighted by atomic mass is 10.1. The predicted molar refractivity (Wildman–Crippen MR) is 75.9 cm³/mol. The highest BCUT2D eigenvalue weighted by Gasteiger charge is 2.31. The summed E-state index contributed by atoms with van der Waals surface area (Å²) in [5, 5.41) is 3.28. The molecule has 3 rings (SSSR count). The van der Waals surface area contributed by atoms with Crippen molar-refractivity contribution in [3.63, 3.8) is 0 Å². The van der Waals surface area contributed by atoms with E-state index in [2.05, 4.69) is 17.4 Å². The Balaban J connectivity index is 1.73. The van der Waals surface area contributed by atoms with Crippen molar-refractivity contribution in [1.29, 1.82) is 0 Å². The molecule has 3 heteroatoms. The number of hydrogen-bond donors (Lipinski definition) is 1. The zero-order valence-corrected chi connectivity index (χ0v) is 10.6. The van der Waals surface area contributed by atoms with Crippen LogP contribution in [0.4, 0.5) is 5.69 Å². The molecule has 1 aliphatic heterocycles. The van der Waals surface area contributed by atoms with E-state index in [1.165, 1.54) is 5.56 Å². The highest BCUT2D eigenvalue weighted by Crippen LogP contribution is 2.18. The first-order valence-electron chi connectivity index (χ1n) is 6.48. The van der Waals surface area contributed by atoms with Gasteiger partial charge in [-0.3, -0.25) is 15.0 Å². The number of para-hydroxylation sites is 1. The molecule has 1 amide bonds. The van der Waals surface area contributed by atoms with Crippen LogP contribution in [-0.4, -0.2) is 18.6 Å². The van der Waals surface area contributed by atoms with E-state index in [1.54, 1.807) is 4.90 Å². The molecule has 96 valence electrons. The van der Waals surface area contributed by atoms with Gasteiger partial charge in [0.1, 0.15) is 0 Å². The molecule has 1 heterocycles. The van der Waals surface area contributed by atoms with E-state index in [0.29, 0.717) is 6.67 Å². The molecule has 1 saturated heterocycles. The van der Waals surface area contributed by atoms with Crippen molar-refractivity contribution >= 4 is 11.6 Å². The minimum Gasteiger partial charge on any atom is -0.298 e. The minimum atomic E-state index is -0.123. The Labute approximate surface area is 112 Å². The summed E-state index contributed by atoms with van der Waals surface area (Å²) < 4.78 is 0. The molecular formula is C16H16N2O. The van der Waals surface area contributed by atoms with Crippen LogP contribution in [0.1, 0.15) is 5.56 Å². The number of hydrogen-bond acceptors (Lipinski definition) is 2. The monoisotopic (exact) mass is 252 g/mol. The number of nitrogens with zero attached hydrogens (tertiary/aromatic N) is 1. The van der Waals surface area contributed by atoms with Crippen LogP contribution in [0.3, 0.4) is 0 Å². The minimum absolute atomic E-state index is 0.123. The van der Waals surface area contributed by atoms with Gasteiger partial charge in [0.15, 0.2) is 0 Å². The lowest BCUT2D eigenvalue weighted by molar-refractivity contribution is -0.118. The fraction of sp³-hybridized carbons (Fsp3) is 0.188. The van der Waals surface area contributed by atoms with Crippen LogP contribution in [0.15, 0.2) is 60.7 Å². The summed E-state index contributed by atoms with van der Waals surface area (Å²) in [4.78, 5) is 14.2. The highest BCUT2D eigenvalue weighted by molar-refractivity contribution is 5.99. The summed E-state index contributed by atoms with van der Waals surface area (Å²) in [5.41, 5.74) is 2.14. The van der Waals surface area contributed by atoms with Gasteiger partial charge in [-0.1, -0.05) is 48.5 Å². The normalized spacial score (nSPS) is 18.8. The van der Waals surface area contributed by atoms with Gasteiger partial charge in [-0.15, -0.1) is 0 Å². The molecule has 2 aromatic carbocycles. The van der Waals surface area contributed by atoms with E-state index in [9.17, 15) is 4.79 Å². The van der Waals surface area contributed by atoms with E-state index in [0.717, 1.165) is 12.1 Å². The number of rotatable bonds is 3. The van der Waals surface area contributed by atoms with E-state index in [1.807, 2.05) is 48.5 Å². The average molecular weight is 252 g/mol. The maximum atomic E-state index is 12.4.